The summed E-state index contributed by atoms with van der Waals surface area (Å²) in [6.45, 7) is 0. The molecule has 238 valence electrons. The average Bonchev–Trinajstić information content (AvgIpc) is 3.59. The van der Waals surface area contributed by atoms with E-state index < -0.39 is 0 Å². The Hall–Kier alpha value is -6.91. The summed E-state index contributed by atoms with van der Waals surface area (Å²) in [6.07, 6.45) is 0. The van der Waals surface area contributed by atoms with E-state index in [2.05, 4.69) is 133 Å². The van der Waals surface area contributed by atoms with Crippen molar-refractivity contribution < 1.29 is 4.42 Å². The van der Waals surface area contributed by atoms with Crippen LogP contribution in [0.3, 0.4) is 0 Å². The van der Waals surface area contributed by atoms with Gasteiger partial charge in [-0.05, 0) is 68.1 Å². The molecule has 0 amide bonds. The molecule has 0 aliphatic heterocycles. The van der Waals surface area contributed by atoms with Crippen molar-refractivity contribution in [2.24, 2.45) is 0 Å². The van der Waals surface area contributed by atoms with Crippen LogP contribution in [0.2, 0.25) is 0 Å². The number of para-hydroxylation sites is 1. The number of hydrogen-bond donors (Lipinski definition) is 0. The standard InChI is InChI=1S/C47H29N3O/c1-3-14-31(15-4-1)35-25-26-38(37-20-10-9-19-36(35)37)39-27-28-42-43(40-21-11-12-22-41(40)51-42)44(39)47-49-45(32-16-5-2-6-17-32)48-46(50-47)34-24-23-30-13-7-8-18-33(30)29-34/h1-29H. The van der Waals surface area contributed by atoms with Gasteiger partial charge in [-0.3, -0.25) is 0 Å². The Morgan fingerprint density at radius 1 is 0.333 bits per heavy atom. The fourth-order valence-electron chi connectivity index (χ4n) is 7.34. The Kier molecular flexibility index (Phi) is 6.78. The van der Waals surface area contributed by atoms with E-state index in [0.29, 0.717) is 17.5 Å². The van der Waals surface area contributed by atoms with E-state index in [9.17, 15) is 0 Å². The van der Waals surface area contributed by atoms with Gasteiger partial charge < -0.3 is 4.42 Å². The predicted octanol–water partition coefficient (Wildman–Crippen LogP) is 12.4. The van der Waals surface area contributed by atoms with E-state index in [1.54, 1.807) is 0 Å². The highest BCUT2D eigenvalue weighted by molar-refractivity contribution is 6.17. The zero-order valence-electron chi connectivity index (χ0n) is 27.5. The van der Waals surface area contributed by atoms with E-state index in [4.69, 9.17) is 19.4 Å². The lowest BCUT2D eigenvalue weighted by Gasteiger charge is -2.16. The SMILES string of the molecule is c1ccc(-c2nc(-c3ccc4ccccc4c3)nc(-c3c(-c4ccc(-c5ccccc5)c5ccccc45)ccc4oc5ccccc5c34)n2)cc1. The lowest BCUT2D eigenvalue weighted by Crippen LogP contribution is -2.02. The summed E-state index contributed by atoms with van der Waals surface area (Å²) in [4.78, 5) is 15.7. The first kappa shape index (κ1) is 29.0. The molecule has 4 nitrogen and oxygen atoms in total. The third-order valence-corrected chi connectivity index (χ3v) is 9.74. The summed E-state index contributed by atoms with van der Waals surface area (Å²) < 4.78 is 6.48. The van der Waals surface area contributed by atoms with Crippen molar-refractivity contribution in [1.29, 1.82) is 0 Å². The topological polar surface area (TPSA) is 51.8 Å². The lowest BCUT2D eigenvalue weighted by molar-refractivity contribution is 0.669. The quantitative estimate of drug-likeness (QED) is 0.186. The van der Waals surface area contributed by atoms with Crippen molar-refractivity contribution >= 4 is 43.5 Å². The number of nitrogens with zero attached hydrogens (tertiary/aromatic N) is 3. The molecule has 0 saturated heterocycles. The van der Waals surface area contributed by atoms with Crippen LogP contribution in [-0.4, -0.2) is 15.0 Å². The molecule has 4 heteroatoms. The summed E-state index contributed by atoms with van der Waals surface area (Å²) in [5.74, 6) is 1.82. The second-order valence-electron chi connectivity index (χ2n) is 12.8. The van der Waals surface area contributed by atoms with Crippen LogP contribution >= 0.6 is 0 Å². The molecule has 0 unspecified atom stereocenters. The number of benzene rings is 8. The summed E-state index contributed by atoms with van der Waals surface area (Å²) in [5.41, 5.74) is 8.87. The maximum Gasteiger partial charge on any atom is 0.165 e. The van der Waals surface area contributed by atoms with Gasteiger partial charge in [0.1, 0.15) is 11.2 Å². The van der Waals surface area contributed by atoms with Crippen LogP contribution in [0.4, 0.5) is 0 Å². The second kappa shape index (κ2) is 11.9. The molecule has 0 bridgehead atoms. The Morgan fingerprint density at radius 2 is 0.902 bits per heavy atom. The molecular weight excluding hydrogens is 623 g/mol. The van der Waals surface area contributed by atoms with Crippen molar-refractivity contribution in [3.8, 4) is 56.4 Å². The van der Waals surface area contributed by atoms with Crippen LogP contribution in [0.15, 0.2) is 180 Å². The smallest absolute Gasteiger partial charge is 0.165 e. The highest BCUT2D eigenvalue weighted by atomic mass is 16.3. The predicted molar refractivity (Wildman–Crippen MR) is 209 cm³/mol. The first-order valence-electron chi connectivity index (χ1n) is 17.1. The average molecular weight is 652 g/mol. The maximum atomic E-state index is 6.48. The van der Waals surface area contributed by atoms with Crippen LogP contribution in [0, 0.1) is 0 Å². The molecule has 0 aliphatic carbocycles. The molecule has 0 atom stereocenters. The van der Waals surface area contributed by atoms with Gasteiger partial charge in [0, 0.05) is 27.5 Å². The molecule has 2 aromatic heterocycles. The second-order valence-corrected chi connectivity index (χ2v) is 12.8. The normalized spacial score (nSPS) is 11.5. The van der Waals surface area contributed by atoms with E-state index in [-0.39, 0.29) is 0 Å². The fourth-order valence-corrected chi connectivity index (χ4v) is 7.34. The molecule has 0 fully saturated rings. The monoisotopic (exact) mass is 651 g/mol. The van der Waals surface area contributed by atoms with Crippen LogP contribution in [-0.2, 0) is 0 Å². The van der Waals surface area contributed by atoms with E-state index in [1.807, 2.05) is 42.5 Å². The minimum absolute atomic E-state index is 0.593. The van der Waals surface area contributed by atoms with Gasteiger partial charge in [0.15, 0.2) is 17.5 Å². The van der Waals surface area contributed by atoms with Gasteiger partial charge in [-0.2, -0.15) is 0 Å². The molecule has 0 aliphatic rings. The summed E-state index contributed by atoms with van der Waals surface area (Å²) in [6, 6.07) is 61.0. The highest BCUT2D eigenvalue weighted by Gasteiger charge is 2.23. The van der Waals surface area contributed by atoms with Crippen molar-refractivity contribution in [3.05, 3.63) is 176 Å². The Labute approximate surface area is 294 Å². The minimum atomic E-state index is 0.593. The molecule has 2 heterocycles. The maximum absolute atomic E-state index is 6.48. The van der Waals surface area contributed by atoms with E-state index in [0.717, 1.165) is 60.5 Å². The molecular formula is C47H29N3O. The number of furan rings is 1. The first-order valence-corrected chi connectivity index (χ1v) is 17.1. The Morgan fingerprint density at radius 3 is 1.69 bits per heavy atom. The molecule has 51 heavy (non-hydrogen) atoms. The number of rotatable bonds is 5. The van der Waals surface area contributed by atoms with E-state index >= 15 is 0 Å². The first-order chi connectivity index (χ1) is 25.3. The fraction of sp³-hybridized carbons (Fsp3) is 0. The zero-order chi connectivity index (χ0) is 33.7. The van der Waals surface area contributed by atoms with Crippen LogP contribution in [0.5, 0.6) is 0 Å². The minimum Gasteiger partial charge on any atom is -0.456 e. The van der Waals surface area contributed by atoms with Gasteiger partial charge in [-0.25, -0.2) is 15.0 Å². The third-order valence-electron chi connectivity index (χ3n) is 9.74. The summed E-state index contributed by atoms with van der Waals surface area (Å²) in [5, 5.41) is 6.63. The number of aromatic nitrogens is 3. The zero-order valence-corrected chi connectivity index (χ0v) is 27.5. The third kappa shape index (κ3) is 4.96. The van der Waals surface area contributed by atoms with Crippen molar-refractivity contribution in [2.75, 3.05) is 0 Å². The summed E-state index contributed by atoms with van der Waals surface area (Å²) >= 11 is 0. The number of fused-ring (bicyclic) bond motifs is 5. The number of hydrogen-bond acceptors (Lipinski definition) is 4. The van der Waals surface area contributed by atoms with Gasteiger partial charge in [-0.1, -0.05) is 152 Å². The van der Waals surface area contributed by atoms with Crippen molar-refractivity contribution in [2.45, 2.75) is 0 Å². The van der Waals surface area contributed by atoms with Gasteiger partial charge in [0.2, 0.25) is 0 Å². The molecule has 0 saturated carbocycles. The van der Waals surface area contributed by atoms with Gasteiger partial charge in [-0.15, -0.1) is 0 Å². The Balaban J connectivity index is 1.30. The van der Waals surface area contributed by atoms with Gasteiger partial charge >= 0.3 is 0 Å². The lowest BCUT2D eigenvalue weighted by atomic mass is 9.88. The van der Waals surface area contributed by atoms with Crippen LogP contribution < -0.4 is 0 Å². The molecule has 0 spiro atoms. The summed E-state index contributed by atoms with van der Waals surface area (Å²) in [7, 11) is 0. The van der Waals surface area contributed by atoms with Gasteiger partial charge in [0.05, 0.1) is 0 Å². The van der Waals surface area contributed by atoms with Crippen molar-refractivity contribution in [3.63, 3.8) is 0 Å². The molecule has 0 radical (unpaired) electrons. The highest BCUT2D eigenvalue weighted by Crippen LogP contribution is 2.45. The largest absolute Gasteiger partial charge is 0.456 e. The Bertz CT molecular complexity index is 2910. The van der Waals surface area contributed by atoms with Gasteiger partial charge in [0.25, 0.3) is 0 Å². The van der Waals surface area contributed by atoms with Crippen LogP contribution in [0.25, 0.3) is 99.9 Å². The van der Waals surface area contributed by atoms with Crippen LogP contribution in [0.1, 0.15) is 0 Å². The molecule has 10 rings (SSSR count). The molecule has 10 aromatic rings. The molecule has 8 aromatic carbocycles. The molecule has 0 N–H and O–H groups in total. The van der Waals surface area contributed by atoms with E-state index in [1.165, 1.54) is 21.9 Å². The van der Waals surface area contributed by atoms with Crippen molar-refractivity contribution in [1.82, 2.24) is 15.0 Å².